The van der Waals surface area contributed by atoms with E-state index >= 15 is 0 Å². The Morgan fingerprint density at radius 3 is 1.26 bits per heavy atom. The van der Waals surface area contributed by atoms with Crippen LogP contribution in [0.1, 0.15) is 125 Å². The Morgan fingerprint density at radius 2 is 0.971 bits per heavy atom. The molecule has 4 radical (unpaired) electrons. The molecule has 0 amide bonds. The molecular weight excluding hydrogens is 646 g/mol. The fourth-order valence-electron chi connectivity index (χ4n) is 3.46. The van der Waals surface area contributed by atoms with E-state index in [0.717, 1.165) is 77.0 Å². The Morgan fingerprint density at radius 1 is 0.647 bits per heavy atom. The molecule has 0 heterocycles. The van der Waals surface area contributed by atoms with Crippen LogP contribution in [0.2, 0.25) is 0 Å². The summed E-state index contributed by atoms with van der Waals surface area (Å²) < 4.78 is 23.0. The van der Waals surface area contributed by atoms with Gasteiger partial charge < -0.3 is 0 Å². The maximum absolute atomic E-state index is 12.7. The number of benzene rings is 1. The molecule has 34 heavy (non-hydrogen) atoms. The molecule has 190 valence electrons. The van der Waals surface area contributed by atoms with Crippen molar-refractivity contribution in [2.75, 3.05) is 0 Å². The first kappa shape index (κ1) is 31.7. The van der Waals surface area contributed by atoms with Gasteiger partial charge in [-0.1, -0.05) is 0 Å². The third-order valence-corrected chi connectivity index (χ3v) is 9.57. The van der Waals surface area contributed by atoms with Gasteiger partial charge in [-0.25, -0.2) is 0 Å². The van der Waals surface area contributed by atoms with E-state index in [2.05, 4.69) is 27.7 Å². The molecule has 0 saturated heterocycles. The average Bonchev–Trinajstić information content (AvgIpc) is 2.86. The van der Waals surface area contributed by atoms with Gasteiger partial charge in [0, 0.05) is 0 Å². The second-order valence-electron chi connectivity index (χ2n) is 8.54. The Kier molecular flexibility index (Phi) is 19.4. The SMILES string of the molecule is CCCCC(CCCC)[O][Sn][O]C(=O)c1ccccc1C(=O)[O][Sn][O]C(CCCC)CCCC. The molecule has 6 nitrogen and oxygen atoms in total. The number of hydrogen-bond acceptors (Lipinski definition) is 6. The molecule has 0 aliphatic rings. The summed E-state index contributed by atoms with van der Waals surface area (Å²) in [7, 11) is 0. The molecule has 0 aromatic heterocycles. The zero-order valence-corrected chi connectivity index (χ0v) is 27.1. The molecule has 0 unspecified atom stereocenters. The van der Waals surface area contributed by atoms with Gasteiger partial charge in [-0.15, -0.1) is 0 Å². The van der Waals surface area contributed by atoms with Crippen LogP contribution in [0.4, 0.5) is 0 Å². The summed E-state index contributed by atoms with van der Waals surface area (Å²) in [4.78, 5) is 25.4. The van der Waals surface area contributed by atoms with E-state index in [1.165, 1.54) is 0 Å². The van der Waals surface area contributed by atoms with E-state index in [0.29, 0.717) is 0 Å². The number of unbranched alkanes of at least 4 members (excludes halogenated alkanes) is 4. The van der Waals surface area contributed by atoms with Gasteiger partial charge in [-0.3, -0.25) is 0 Å². The second kappa shape index (κ2) is 20.8. The van der Waals surface area contributed by atoms with Crippen LogP contribution in [0.15, 0.2) is 24.3 Å². The van der Waals surface area contributed by atoms with Crippen LogP contribution >= 0.6 is 0 Å². The van der Waals surface area contributed by atoms with Crippen LogP contribution in [0.25, 0.3) is 0 Å². The fraction of sp³-hybridized carbons (Fsp3) is 0.692. The van der Waals surface area contributed by atoms with Crippen LogP contribution in [-0.4, -0.2) is 68.1 Å². The summed E-state index contributed by atoms with van der Waals surface area (Å²) >= 11 is -3.58. The third kappa shape index (κ3) is 13.7. The molecule has 8 heteroatoms. The van der Waals surface area contributed by atoms with Gasteiger partial charge in [-0.2, -0.15) is 0 Å². The Labute approximate surface area is 228 Å². The standard InChI is InChI=1S/2C9H19O.C8H6O4.2Sn/c2*1-3-5-7-9(10)8-6-4-2;9-7(10)5-3-1-2-4-6(5)8(11)12;;/h2*9H,3-8H2,1-2H3;1-4H,(H,9,10)(H,11,12);;/q2*-1;;2*+2/p-2. The van der Waals surface area contributed by atoms with Crippen molar-refractivity contribution in [2.24, 2.45) is 0 Å². The van der Waals surface area contributed by atoms with Crippen molar-refractivity contribution in [3.05, 3.63) is 35.4 Å². The minimum absolute atomic E-state index is 0.164. The summed E-state index contributed by atoms with van der Waals surface area (Å²) in [6.45, 7) is 8.66. The number of carbonyl (C=O) groups is 2. The van der Waals surface area contributed by atoms with Crippen LogP contribution < -0.4 is 0 Å². The van der Waals surface area contributed by atoms with Gasteiger partial charge in [0.05, 0.1) is 0 Å². The average molecular weight is 688 g/mol. The van der Waals surface area contributed by atoms with Crippen LogP contribution in [0, 0.1) is 0 Å². The predicted molar refractivity (Wildman–Crippen MR) is 137 cm³/mol. The number of carbonyl (C=O) groups excluding carboxylic acids is 2. The molecular formula is C26H42O6Sn2. The summed E-state index contributed by atoms with van der Waals surface area (Å²) in [6.07, 6.45) is 13.3. The first-order valence-electron chi connectivity index (χ1n) is 12.9. The van der Waals surface area contributed by atoms with E-state index in [1.54, 1.807) is 24.3 Å². The van der Waals surface area contributed by atoms with Crippen LogP contribution in [-0.2, 0) is 12.3 Å². The van der Waals surface area contributed by atoms with Gasteiger partial charge in [0.25, 0.3) is 0 Å². The number of hydrogen-bond donors (Lipinski definition) is 0. The first-order chi connectivity index (χ1) is 16.6. The van der Waals surface area contributed by atoms with Gasteiger partial charge in [-0.05, 0) is 0 Å². The Balaban J connectivity index is 2.60. The molecule has 0 saturated carbocycles. The van der Waals surface area contributed by atoms with Crippen molar-refractivity contribution in [1.82, 2.24) is 0 Å². The Bertz CT molecular complexity index is 612. The van der Waals surface area contributed by atoms with Crippen molar-refractivity contribution >= 4 is 55.9 Å². The van der Waals surface area contributed by atoms with Gasteiger partial charge in [0.15, 0.2) is 0 Å². The first-order valence-corrected chi connectivity index (χ1v) is 17.6. The summed E-state index contributed by atoms with van der Waals surface area (Å²) in [5, 5.41) is 0. The molecule has 0 fully saturated rings. The van der Waals surface area contributed by atoms with E-state index in [9.17, 15) is 9.59 Å². The van der Waals surface area contributed by atoms with E-state index in [-0.39, 0.29) is 23.3 Å². The predicted octanol–water partition coefficient (Wildman–Crippen LogP) is 6.60. The van der Waals surface area contributed by atoms with Gasteiger partial charge >= 0.3 is 230 Å². The molecule has 1 aromatic rings. The Hall–Kier alpha value is -0.323. The summed E-state index contributed by atoms with van der Waals surface area (Å²) in [6, 6.07) is 6.68. The monoisotopic (exact) mass is 690 g/mol. The van der Waals surface area contributed by atoms with E-state index < -0.39 is 55.9 Å². The molecule has 0 spiro atoms. The van der Waals surface area contributed by atoms with Crippen LogP contribution in [0.5, 0.6) is 0 Å². The quantitative estimate of drug-likeness (QED) is 0.144. The molecule has 0 aliphatic heterocycles. The van der Waals surface area contributed by atoms with E-state index in [4.69, 9.17) is 12.3 Å². The topological polar surface area (TPSA) is 71.1 Å². The maximum atomic E-state index is 12.7. The molecule has 1 aromatic carbocycles. The summed E-state index contributed by atoms with van der Waals surface area (Å²) in [5.74, 6) is -1.00. The van der Waals surface area contributed by atoms with Crippen molar-refractivity contribution in [3.8, 4) is 0 Å². The molecule has 0 N–H and O–H groups in total. The molecule has 0 atom stereocenters. The zero-order valence-electron chi connectivity index (χ0n) is 21.4. The van der Waals surface area contributed by atoms with Crippen molar-refractivity contribution in [1.29, 1.82) is 0 Å². The fourth-order valence-corrected chi connectivity index (χ4v) is 6.92. The minimum atomic E-state index is -1.79. The van der Waals surface area contributed by atoms with Gasteiger partial charge in [0.2, 0.25) is 0 Å². The molecule has 0 aliphatic carbocycles. The number of rotatable bonds is 20. The molecule has 1 rings (SSSR count). The zero-order chi connectivity index (χ0) is 25.0. The van der Waals surface area contributed by atoms with Crippen molar-refractivity contribution < 1.29 is 21.9 Å². The normalized spacial score (nSPS) is 11.2. The van der Waals surface area contributed by atoms with Crippen molar-refractivity contribution in [2.45, 2.75) is 117 Å². The van der Waals surface area contributed by atoms with Gasteiger partial charge in [0.1, 0.15) is 0 Å². The van der Waals surface area contributed by atoms with Crippen molar-refractivity contribution in [3.63, 3.8) is 0 Å². The molecule has 0 bridgehead atoms. The van der Waals surface area contributed by atoms with E-state index in [1.807, 2.05) is 0 Å². The summed E-state index contributed by atoms with van der Waals surface area (Å²) in [5.41, 5.74) is 0.479. The third-order valence-electron chi connectivity index (χ3n) is 5.58. The van der Waals surface area contributed by atoms with Crippen LogP contribution in [0.3, 0.4) is 0 Å². The second-order valence-corrected chi connectivity index (χ2v) is 12.0.